The molecule has 0 aliphatic rings. The number of allylic oxidation sites excluding steroid dienone is 2. The average Bonchev–Trinajstić information content (AvgIpc) is 2.49. The summed E-state index contributed by atoms with van der Waals surface area (Å²) in [6.45, 7) is 4.33. The molecule has 0 heterocycles. The van der Waals surface area contributed by atoms with E-state index in [0.29, 0.717) is 0 Å². The summed E-state index contributed by atoms with van der Waals surface area (Å²) in [7, 11) is 0. The van der Waals surface area contributed by atoms with Crippen molar-refractivity contribution in [3.63, 3.8) is 0 Å². The molecule has 0 atom stereocenters. The van der Waals surface area contributed by atoms with E-state index in [1.807, 2.05) is 18.2 Å². The van der Waals surface area contributed by atoms with Crippen molar-refractivity contribution in [1.29, 1.82) is 0 Å². The van der Waals surface area contributed by atoms with E-state index in [0.717, 1.165) is 23.1 Å². The van der Waals surface area contributed by atoms with Crippen molar-refractivity contribution in [3.8, 4) is 0 Å². The number of hydrogen-bond acceptors (Lipinski definition) is 2. The number of hydrogen-bond donors (Lipinski definition) is 1. The zero-order chi connectivity index (χ0) is 15.2. The van der Waals surface area contributed by atoms with Crippen molar-refractivity contribution in [2.75, 3.05) is 0 Å². The van der Waals surface area contributed by atoms with Gasteiger partial charge in [0, 0.05) is 4.90 Å². The van der Waals surface area contributed by atoms with Gasteiger partial charge in [-0.2, -0.15) is 0 Å². The molecule has 0 amide bonds. The zero-order valence-electron chi connectivity index (χ0n) is 12.2. The minimum Gasteiger partial charge on any atom is -0.274 e. The fourth-order valence-electron chi connectivity index (χ4n) is 2.37. The largest absolute Gasteiger partial charge is 0.274 e. The van der Waals surface area contributed by atoms with Crippen LogP contribution >= 0.6 is 24.4 Å². The smallest absolute Gasteiger partial charge is 0.247 e. The van der Waals surface area contributed by atoms with E-state index in [1.165, 1.54) is 22.3 Å². The minimum atomic E-state index is -0.187. The summed E-state index contributed by atoms with van der Waals surface area (Å²) in [6.07, 6.45) is 0.988. The molecule has 0 aliphatic heterocycles. The Morgan fingerprint density at radius 2 is 1.62 bits per heavy atom. The van der Waals surface area contributed by atoms with Gasteiger partial charge in [-0.15, -0.1) is 0 Å². The van der Waals surface area contributed by atoms with Crippen molar-refractivity contribution in [2.45, 2.75) is 25.2 Å². The van der Waals surface area contributed by atoms with Crippen LogP contribution in [0.5, 0.6) is 0 Å². The summed E-state index contributed by atoms with van der Waals surface area (Å²) >= 11 is 4.92. The number of thiol groups is 1. The average molecular weight is 314 g/mol. The Labute approximate surface area is 135 Å². The third-order valence-corrected chi connectivity index (χ3v) is 4.38. The maximum absolute atomic E-state index is 11.0. The van der Waals surface area contributed by atoms with E-state index in [2.05, 4.69) is 62.9 Å². The van der Waals surface area contributed by atoms with E-state index >= 15 is 0 Å². The summed E-state index contributed by atoms with van der Waals surface area (Å²) in [5.41, 5.74) is 5.08. The predicted octanol–water partition coefficient (Wildman–Crippen LogP) is 6.17. The molecule has 3 heteroatoms. The van der Waals surface area contributed by atoms with Crippen molar-refractivity contribution in [3.05, 3.63) is 65.7 Å². The molecule has 0 saturated heterocycles. The third-order valence-electron chi connectivity index (χ3n) is 3.42. The van der Waals surface area contributed by atoms with Crippen LogP contribution in [0.1, 0.15) is 31.4 Å². The Morgan fingerprint density at radius 1 is 1.00 bits per heavy atom. The fraction of sp³-hybridized carbons (Fsp3) is 0.167. The highest BCUT2D eigenvalue weighted by atomic mass is 32.2. The lowest BCUT2D eigenvalue weighted by Gasteiger charge is -2.12. The van der Waals surface area contributed by atoms with Crippen LogP contribution in [0, 0.1) is 0 Å². The normalized spacial score (nSPS) is 12.0. The molecule has 2 rings (SSSR count). The first-order valence-corrected chi connectivity index (χ1v) is 8.14. The Balaban J connectivity index is 2.34. The molecule has 0 spiro atoms. The molecule has 0 bridgehead atoms. The van der Waals surface area contributed by atoms with E-state index in [4.69, 9.17) is 0 Å². The summed E-state index contributed by atoms with van der Waals surface area (Å²) in [4.78, 5) is 11.9. The van der Waals surface area contributed by atoms with Crippen LogP contribution in [0.2, 0.25) is 0 Å². The van der Waals surface area contributed by atoms with Gasteiger partial charge in [0.25, 0.3) is 0 Å². The summed E-state index contributed by atoms with van der Waals surface area (Å²) in [6, 6.07) is 18.5. The third kappa shape index (κ3) is 4.26. The monoisotopic (exact) mass is 314 g/mol. The molecule has 0 unspecified atom stereocenters. The van der Waals surface area contributed by atoms with E-state index in [-0.39, 0.29) is 4.45 Å². The molecule has 0 aromatic heterocycles. The van der Waals surface area contributed by atoms with Gasteiger partial charge in [0.2, 0.25) is 4.45 Å². The molecule has 0 saturated carbocycles. The molecule has 0 fully saturated rings. The van der Waals surface area contributed by atoms with Crippen molar-refractivity contribution in [2.24, 2.45) is 0 Å². The number of benzene rings is 2. The molecule has 2 aromatic rings. The van der Waals surface area contributed by atoms with Gasteiger partial charge in [-0.1, -0.05) is 62.0 Å². The van der Waals surface area contributed by atoms with Gasteiger partial charge in [-0.3, -0.25) is 4.79 Å². The van der Waals surface area contributed by atoms with E-state index in [9.17, 15) is 4.79 Å². The standard InChI is InChI=1S/C18H18OS2/c1-3-17(15-7-5-4-6-8-15)13(2)14-9-11-16(12-10-14)21-18(19)20/h4-12H,3H2,1-2H3,(H,19,20). The highest BCUT2D eigenvalue weighted by Gasteiger charge is 2.06. The zero-order valence-corrected chi connectivity index (χ0v) is 13.9. The van der Waals surface area contributed by atoms with Gasteiger partial charge >= 0.3 is 0 Å². The quantitative estimate of drug-likeness (QED) is 0.413. The Morgan fingerprint density at radius 3 is 2.14 bits per heavy atom. The first-order valence-electron chi connectivity index (χ1n) is 6.88. The Kier molecular flexibility index (Phi) is 5.71. The van der Waals surface area contributed by atoms with Crippen LogP contribution in [0.4, 0.5) is 4.79 Å². The van der Waals surface area contributed by atoms with Crippen LogP contribution < -0.4 is 0 Å². The first kappa shape index (κ1) is 15.9. The second kappa shape index (κ2) is 7.53. The van der Waals surface area contributed by atoms with Gasteiger partial charge in [0.05, 0.1) is 0 Å². The Hall–Kier alpha value is -1.45. The lowest BCUT2D eigenvalue weighted by atomic mass is 9.94. The molecule has 0 radical (unpaired) electrons. The SMILES string of the molecule is CCC(=C(C)c1ccc(SC(=O)S)cc1)c1ccccc1. The van der Waals surface area contributed by atoms with Gasteiger partial charge in [0.15, 0.2) is 0 Å². The summed E-state index contributed by atoms with van der Waals surface area (Å²) in [5, 5.41) is 0. The predicted molar refractivity (Wildman–Crippen MR) is 95.9 cm³/mol. The molecule has 2 aromatic carbocycles. The number of carbonyl (C=O) groups is 1. The summed E-state index contributed by atoms with van der Waals surface area (Å²) < 4.78 is -0.187. The highest BCUT2D eigenvalue weighted by molar-refractivity contribution is 8.32. The second-order valence-corrected chi connectivity index (χ2v) is 6.47. The number of thioether (sulfide) groups is 1. The molecular formula is C18H18OS2. The maximum Gasteiger partial charge on any atom is 0.247 e. The maximum atomic E-state index is 11.0. The van der Waals surface area contributed by atoms with Crippen molar-refractivity contribution < 1.29 is 4.79 Å². The molecule has 1 nitrogen and oxygen atoms in total. The molecule has 21 heavy (non-hydrogen) atoms. The minimum absolute atomic E-state index is 0.187. The summed E-state index contributed by atoms with van der Waals surface area (Å²) in [5.74, 6) is 0. The lowest BCUT2D eigenvalue weighted by Crippen LogP contribution is -1.89. The van der Waals surface area contributed by atoms with Crippen LogP contribution in [0.3, 0.4) is 0 Å². The van der Waals surface area contributed by atoms with E-state index in [1.54, 1.807) is 0 Å². The van der Waals surface area contributed by atoms with Crippen molar-refractivity contribution in [1.82, 2.24) is 0 Å². The first-order chi connectivity index (χ1) is 10.1. The van der Waals surface area contributed by atoms with Gasteiger partial charge in [-0.25, -0.2) is 0 Å². The fourth-order valence-corrected chi connectivity index (χ4v) is 3.16. The van der Waals surface area contributed by atoms with Crippen LogP contribution in [-0.2, 0) is 0 Å². The Bertz CT molecular complexity index is 643. The number of rotatable bonds is 4. The van der Waals surface area contributed by atoms with Gasteiger partial charge in [0.1, 0.15) is 0 Å². The highest BCUT2D eigenvalue weighted by Crippen LogP contribution is 2.30. The molecular weight excluding hydrogens is 296 g/mol. The molecule has 108 valence electrons. The second-order valence-electron chi connectivity index (χ2n) is 4.72. The van der Waals surface area contributed by atoms with Gasteiger partial charge < -0.3 is 0 Å². The van der Waals surface area contributed by atoms with Crippen LogP contribution in [0.15, 0.2) is 59.5 Å². The van der Waals surface area contributed by atoms with Crippen molar-refractivity contribution >= 4 is 40.0 Å². The molecule has 0 N–H and O–H groups in total. The van der Waals surface area contributed by atoms with Crippen LogP contribution in [0.25, 0.3) is 11.1 Å². The topological polar surface area (TPSA) is 17.1 Å². The number of carbonyl (C=O) groups excluding carboxylic acids is 1. The van der Waals surface area contributed by atoms with Crippen LogP contribution in [-0.4, -0.2) is 4.45 Å². The lowest BCUT2D eigenvalue weighted by molar-refractivity contribution is 0.277. The van der Waals surface area contributed by atoms with Gasteiger partial charge in [-0.05, 0) is 59.5 Å². The van der Waals surface area contributed by atoms with E-state index < -0.39 is 0 Å². The molecule has 0 aliphatic carbocycles.